The maximum absolute atomic E-state index is 12.2. The molecule has 0 bridgehead atoms. The summed E-state index contributed by atoms with van der Waals surface area (Å²) in [6, 6.07) is 7.33. The molecule has 5 nitrogen and oxygen atoms in total. The Morgan fingerprint density at radius 2 is 2.18 bits per heavy atom. The van der Waals surface area contributed by atoms with Gasteiger partial charge in [0.05, 0.1) is 12.1 Å². The van der Waals surface area contributed by atoms with Crippen LogP contribution in [0.5, 0.6) is 0 Å². The summed E-state index contributed by atoms with van der Waals surface area (Å²) in [6.07, 6.45) is 0.617. The Hall–Kier alpha value is -1.40. The van der Waals surface area contributed by atoms with E-state index in [-0.39, 0.29) is 12.4 Å². The number of aryl methyl sites for hydroxylation is 1. The largest absolute Gasteiger partial charge is 0.457 e. The molecule has 0 N–H and O–H groups in total. The van der Waals surface area contributed by atoms with Crippen LogP contribution >= 0.6 is 27.5 Å². The molecule has 0 unspecified atom stereocenters. The first-order valence-electron chi connectivity index (χ1n) is 7.04. The van der Waals surface area contributed by atoms with Crippen LogP contribution in [0, 0.1) is 0 Å². The van der Waals surface area contributed by atoms with Crippen molar-refractivity contribution < 1.29 is 9.53 Å². The second-order valence-electron chi connectivity index (χ2n) is 4.88. The van der Waals surface area contributed by atoms with Gasteiger partial charge in [0.1, 0.15) is 6.10 Å². The predicted molar refractivity (Wildman–Crippen MR) is 87.7 cm³/mol. The first-order chi connectivity index (χ1) is 10.5. The van der Waals surface area contributed by atoms with E-state index in [4.69, 9.17) is 16.3 Å². The van der Waals surface area contributed by atoms with Gasteiger partial charge in [-0.15, -0.1) is 5.10 Å². The minimum atomic E-state index is -0.407. The second kappa shape index (κ2) is 7.74. The number of nitrogens with zero attached hydrogens (tertiary/aromatic N) is 3. The lowest BCUT2D eigenvalue weighted by Crippen LogP contribution is -2.15. The Kier molecular flexibility index (Phi) is 5.97. The lowest BCUT2D eigenvalue weighted by Gasteiger charge is -2.15. The van der Waals surface area contributed by atoms with Crippen molar-refractivity contribution in [3.63, 3.8) is 0 Å². The van der Waals surface area contributed by atoms with E-state index in [1.165, 1.54) is 0 Å². The molecule has 2 rings (SSSR count). The van der Waals surface area contributed by atoms with Crippen molar-refractivity contribution in [2.24, 2.45) is 0 Å². The van der Waals surface area contributed by atoms with Crippen LogP contribution in [-0.4, -0.2) is 21.0 Å². The molecule has 1 aromatic heterocycles. The standard InChI is InChI=1S/C15H17BrClN3O2/c1-3-8-20-13(15(16)18-19-20)9-14(21)22-10(2)11-6-4-5-7-12(11)17/h4-7,10H,3,8-9H2,1-2H3/t10-/m1/s1. The monoisotopic (exact) mass is 385 g/mol. The highest BCUT2D eigenvalue weighted by Crippen LogP contribution is 2.25. The van der Waals surface area contributed by atoms with Crippen LogP contribution < -0.4 is 0 Å². The van der Waals surface area contributed by atoms with Gasteiger partial charge >= 0.3 is 5.97 Å². The molecule has 0 amide bonds. The zero-order valence-corrected chi connectivity index (χ0v) is 14.8. The smallest absolute Gasteiger partial charge is 0.312 e. The summed E-state index contributed by atoms with van der Waals surface area (Å²) in [6.45, 7) is 4.55. The fraction of sp³-hybridized carbons (Fsp3) is 0.400. The predicted octanol–water partition coefficient (Wildman–Crippen LogP) is 3.95. The number of carbonyl (C=O) groups excluding carboxylic acids is 1. The summed E-state index contributed by atoms with van der Waals surface area (Å²) in [4.78, 5) is 12.2. The van der Waals surface area contributed by atoms with Crippen LogP contribution in [0.3, 0.4) is 0 Å². The van der Waals surface area contributed by atoms with Crippen LogP contribution in [0.15, 0.2) is 28.9 Å². The van der Waals surface area contributed by atoms with Crippen molar-refractivity contribution in [1.82, 2.24) is 15.0 Å². The number of rotatable bonds is 6. The molecule has 0 aliphatic heterocycles. The van der Waals surface area contributed by atoms with Gasteiger partial charge in [0.15, 0.2) is 4.60 Å². The molecule has 2 aromatic rings. The van der Waals surface area contributed by atoms with Gasteiger partial charge in [0.25, 0.3) is 0 Å². The van der Waals surface area contributed by atoms with Crippen molar-refractivity contribution in [3.05, 3.63) is 45.1 Å². The number of halogens is 2. The first-order valence-corrected chi connectivity index (χ1v) is 8.21. The van der Waals surface area contributed by atoms with E-state index in [2.05, 4.69) is 26.2 Å². The summed E-state index contributed by atoms with van der Waals surface area (Å²) in [5.74, 6) is -0.340. The maximum Gasteiger partial charge on any atom is 0.312 e. The third kappa shape index (κ3) is 4.08. The molecule has 0 aliphatic rings. The molecular weight excluding hydrogens is 370 g/mol. The molecule has 1 atom stereocenters. The molecule has 0 aliphatic carbocycles. The van der Waals surface area contributed by atoms with Gasteiger partial charge in [0, 0.05) is 17.1 Å². The first kappa shape index (κ1) is 17.0. The SMILES string of the molecule is CCCn1nnc(Br)c1CC(=O)O[C@H](C)c1ccccc1Cl. The Morgan fingerprint density at radius 1 is 1.45 bits per heavy atom. The van der Waals surface area contributed by atoms with Crippen molar-refractivity contribution in [2.45, 2.75) is 39.3 Å². The third-order valence-electron chi connectivity index (χ3n) is 3.19. The normalized spacial score (nSPS) is 12.2. The van der Waals surface area contributed by atoms with Gasteiger partial charge in [-0.05, 0) is 35.3 Å². The van der Waals surface area contributed by atoms with Crippen LogP contribution in [0.1, 0.15) is 37.6 Å². The molecular formula is C15H17BrClN3O2. The van der Waals surface area contributed by atoms with Gasteiger partial charge in [-0.1, -0.05) is 41.9 Å². The van der Waals surface area contributed by atoms with Gasteiger partial charge in [-0.2, -0.15) is 0 Å². The summed E-state index contributed by atoms with van der Waals surface area (Å²) >= 11 is 9.43. The van der Waals surface area contributed by atoms with E-state index in [1.807, 2.05) is 25.1 Å². The van der Waals surface area contributed by atoms with Crippen molar-refractivity contribution >= 4 is 33.5 Å². The van der Waals surface area contributed by atoms with E-state index in [9.17, 15) is 4.79 Å². The number of ether oxygens (including phenoxy) is 1. The van der Waals surface area contributed by atoms with Crippen molar-refractivity contribution in [2.75, 3.05) is 0 Å². The lowest BCUT2D eigenvalue weighted by atomic mass is 10.1. The van der Waals surface area contributed by atoms with E-state index in [1.54, 1.807) is 17.7 Å². The molecule has 22 heavy (non-hydrogen) atoms. The van der Waals surface area contributed by atoms with Gasteiger partial charge in [-0.3, -0.25) is 4.79 Å². The van der Waals surface area contributed by atoms with Gasteiger partial charge in [0.2, 0.25) is 0 Å². The average Bonchev–Trinajstić information content (AvgIpc) is 2.81. The topological polar surface area (TPSA) is 57.0 Å². The summed E-state index contributed by atoms with van der Waals surface area (Å²) in [5, 5.41) is 8.53. The minimum absolute atomic E-state index is 0.113. The molecule has 0 spiro atoms. The van der Waals surface area contributed by atoms with E-state index >= 15 is 0 Å². The molecule has 0 saturated carbocycles. The average molecular weight is 387 g/mol. The third-order valence-corrected chi connectivity index (χ3v) is 4.15. The molecule has 0 fully saturated rings. The highest BCUT2D eigenvalue weighted by molar-refractivity contribution is 9.10. The van der Waals surface area contributed by atoms with Crippen LogP contribution in [0.25, 0.3) is 0 Å². The lowest BCUT2D eigenvalue weighted by molar-refractivity contribution is -0.147. The Morgan fingerprint density at radius 3 is 2.86 bits per heavy atom. The quantitative estimate of drug-likeness (QED) is 0.705. The second-order valence-corrected chi connectivity index (χ2v) is 6.04. The number of esters is 1. The van der Waals surface area contributed by atoms with Gasteiger partial charge in [-0.25, -0.2) is 4.68 Å². The van der Waals surface area contributed by atoms with E-state index < -0.39 is 6.10 Å². The van der Waals surface area contributed by atoms with E-state index in [0.717, 1.165) is 17.7 Å². The van der Waals surface area contributed by atoms with Crippen LogP contribution in [0.2, 0.25) is 5.02 Å². The fourth-order valence-corrected chi connectivity index (χ4v) is 2.82. The van der Waals surface area contributed by atoms with Crippen LogP contribution in [0.4, 0.5) is 0 Å². The highest BCUT2D eigenvalue weighted by Gasteiger charge is 2.19. The zero-order valence-electron chi connectivity index (χ0n) is 12.4. The number of aromatic nitrogens is 3. The number of benzene rings is 1. The highest BCUT2D eigenvalue weighted by atomic mass is 79.9. The summed E-state index contributed by atoms with van der Waals surface area (Å²) < 4.78 is 7.75. The number of hydrogen-bond acceptors (Lipinski definition) is 4. The van der Waals surface area contributed by atoms with Gasteiger partial charge < -0.3 is 4.74 Å². The minimum Gasteiger partial charge on any atom is -0.457 e. The Labute approximate surface area is 142 Å². The summed E-state index contributed by atoms with van der Waals surface area (Å²) in [7, 11) is 0. The molecule has 7 heteroatoms. The molecule has 1 aromatic carbocycles. The molecule has 0 radical (unpaired) electrons. The summed E-state index contributed by atoms with van der Waals surface area (Å²) in [5.41, 5.74) is 1.51. The van der Waals surface area contributed by atoms with E-state index in [0.29, 0.717) is 16.2 Å². The van der Waals surface area contributed by atoms with Crippen molar-refractivity contribution in [1.29, 1.82) is 0 Å². The van der Waals surface area contributed by atoms with Crippen molar-refractivity contribution in [3.8, 4) is 0 Å². The van der Waals surface area contributed by atoms with Crippen LogP contribution in [-0.2, 0) is 22.5 Å². The zero-order chi connectivity index (χ0) is 16.1. The molecule has 1 heterocycles. The number of hydrogen-bond donors (Lipinski definition) is 0. The Bertz CT molecular complexity index is 660. The fourth-order valence-electron chi connectivity index (χ4n) is 2.11. The Balaban J connectivity index is 2.04. The molecule has 0 saturated heterocycles. The molecule has 118 valence electrons. The maximum atomic E-state index is 12.2. The number of carbonyl (C=O) groups is 1.